The number of carbonyl (C=O) groups excluding carboxylic acids is 2. The number of amides is 1. The summed E-state index contributed by atoms with van der Waals surface area (Å²) in [5.41, 5.74) is -0.551. The molecule has 0 bridgehead atoms. The van der Waals surface area contributed by atoms with Crippen LogP contribution in [0.25, 0.3) is 10.9 Å². The van der Waals surface area contributed by atoms with Crippen molar-refractivity contribution >= 4 is 28.6 Å². The van der Waals surface area contributed by atoms with E-state index in [0.717, 1.165) is 9.58 Å². The summed E-state index contributed by atoms with van der Waals surface area (Å²) in [5.74, 6) is -5.19. The van der Waals surface area contributed by atoms with Crippen molar-refractivity contribution in [2.45, 2.75) is 51.9 Å². The van der Waals surface area contributed by atoms with Crippen LogP contribution in [0.15, 0.2) is 42.5 Å². The monoisotopic (exact) mass is 443 g/mol. The first kappa shape index (κ1) is 21.9. The number of hydrogen-bond acceptors (Lipinski definition) is 5. The second-order valence-corrected chi connectivity index (χ2v) is 8.74. The fourth-order valence-corrected chi connectivity index (χ4v) is 3.86. The molecule has 0 aliphatic carbocycles. The largest absolute Gasteiger partial charge is 0.442 e. The maximum atomic E-state index is 14.9. The number of aliphatic hydroxyl groups is 1. The maximum Gasteiger partial charge on any atom is 0.435 e. The van der Waals surface area contributed by atoms with Crippen LogP contribution in [0.3, 0.4) is 0 Å². The molecule has 0 saturated carbocycles. The number of para-hydroxylation sites is 1. The molecule has 1 aliphatic rings. The molecule has 32 heavy (non-hydrogen) atoms. The lowest BCUT2D eigenvalue weighted by Gasteiger charge is -2.19. The highest BCUT2D eigenvalue weighted by atomic mass is 19.3. The number of rotatable bonds is 3. The van der Waals surface area contributed by atoms with Gasteiger partial charge in [0.15, 0.2) is 0 Å². The highest BCUT2D eigenvalue weighted by Crippen LogP contribution is 2.48. The Bertz CT molecular complexity index is 1230. The SMILES string of the molecule is C[C@H](O)c1cccc2c1C(F)(F)C(=O)N2Cc1nn(C(=O)OC(C)(C)C)c2ccccc12. The lowest BCUT2D eigenvalue weighted by atomic mass is 9.98. The summed E-state index contributed by atoms with van der Waals surface area (Å²) in [6, 6.07) is 11.1. The van der Waals surface area contributed by atoms with Gasteiger partial charge in [-0.3, -0.25) is 4.79 Å². The van der Waals surface area contributed by atoms with Crippen LogP contribution in [0.2, 0.25) is 0 Å². The molecule has 1 atom stereocenters. The molecular formula is C23H23F2N3O4. The van der Waals surface area contributed by atoms with E-state index < -0.39 is 35.2 Å². The molecule has 3 aromatic rings. The lowest BCUT2D eigenvalue weighted by molar-refractivity contribution is -0.141. The molecule has 9 heteroatoms. The maximum absolute atomic E-state index is 14.9. The molecule has 0 fully saturated rings. The topological polar surface area (TPSA) is 84.7 Å². The van der Waals surface area contributed by atoms with Crippen molar-refractivity contribution in [1.82, 2.24) is 9.78 Å². The van der Waals surface area contributed by atoms with E-state index >= 15 is 0 Å². The van der Waals surface area contributed by atoms with Gasteiger partial charge in [-0.2, -0.15) is 18.6 Å². The second kappa shape index (κ2) is 7.37. The number of carbonyl (C=O) groups is 2. The molecule has 1 amide bonds. The molecule has 7 nitrogen and oxygen atoms in total. The highest BCUT2D eigenvalue weighted by Gasteiger charge is 2.54. The Labute approximate surface area is 183 Å². The normalized spacial score (nSPS) is 16.3. The van der Waals surface area contributed by atoms with Gasteiger partial charge >= 0.3 is 17.9 Å². The van der Waals surface area contributed by atoms with Gasteiger partial charge in [-0.1, -0.05) is 30.3 Å². The number of hydrogen-bond donors (Lipinski definition) is 1. The van der Waals surface area contributed by atoms with Crippen LogP contribution < -0.4 is 4.90 Å². The molecule has 1 N–H and O–H groups in total. The van der Waals surface area contributed by atoms with E-state index in [-0.39, 0.29) is 23.5 Å². The molecule has 0 unspecified atom stereocenters. The van der Waals surface area contributed by atoms with Crippen molar-refractivity contribution in [3.63, 3.8) is 0 Å². The average Bonchev–Trinajstić information content (AvgIpc) is 3.16. The van der Waals surface area contributed by atoms with Gasteiger partial charge < -0.3 is 14.7 Å². The van der Waals surface area contributed by atoms with E-state index in [2.05, 4.69) is 5.10 Å². The van der Waals surface area contributed by atoms with Crippen LogP contribution in [0, 0.1) is 0 Å². The number of nitrogens with zero attached hydrogens (tertiary/aromatic N) is 3. The smallest absolute Gasteiger partial charge is 0.435 e. The van der Waals surface area contributed by atoms with Crippen molar-refractivity contribution in [3.05, 3.63) is 59.3 Å². The van der Waals surface area contributed by atoms with Crippen LogP contribution in [-0.4, -0.2) is 32.5 Å². The molecule has 0 radical (unpaired) electrons. The number of anilines is 1. The third-order valence-corrected chi connectivity index (χ3v) is 5.18. The zero-order valence-electron chi connectivity index (χ0n) is 18.1. The summed E-state index contributed by atoms with van der Waals surface area (Å²) in [7, 11) is 0. The zero-order valence-corrected chi connectivity index (χ0v) is 18.1. The predicted molar refractivity (Wildman–Crippen MR) is 114 cm³/mol. The summed E-state index contributed by atoms with van der Waals surface area (Å²) in [6.07, 6.45) is -1.88. The van der Waals surface area contributed by atoms with Gasteiger partial charge in [-0.15, -0.1) is 0 Å². The number of halogens is 2. The minimum Gasteiger partial charge on any atom is -0.442 e. The number of ether oxygens (including phenoxy) is 1. The van der Waals surface area contributed by atoms with Crippen LogP contribution in [-0.2, 0) is 22.0 Å². The second-order valence-electron chi connectivity index (χ2n) is 8.74. The summed E-state index contributed by atoms with van der Waals surface area (Å²) in [6.45, 7) is 6.26. The first-order chi connectivity index (χ1) is 14.9. The van der Waals surface area contributed by atoms with Crippen LogP contribution in [0.1, 0.15) is 50.6 Å². The Balaban J connectivity index is 1.80. The Morgan fingerprint density at radius 3 is 2.53 bits per heavy atom. The Morgan fingerprint density at radius 1 is 1.19 bits per heavy atom. The molecule has 1 aromatic heterocycles. The standard InChI is InChI=1S/C23H23F2N3O4/c1-13(29)14-9-7-11-18-19(14)23(24,25)20(30)27(18)12-16-15-8-5-6-10-17(15)28(26-16)21(31)32-22(2,3)4/h5-11,13,29H,12H2,1-4H3/t13-/m0/s1. The molecule has 168 valence electrons. The number of aromatic nitrogens is 2. The molecule has 1 aliphatic heterocycles. The molecule has 2 aromatic carbocycles. The number of fused-ring (bicyclic) bond motifs is 2. The third-order valence-electron chi connectivity index (χ3n) is 5.18. The molecular weight excluding hydrogens is 420 g/mol. The van der Waals surface area contributed by atoms with Gasteiger partial charge in [0.25, 0.3) is 0 Å². The fraction of sp³-hybridized carbons (Fsp3) is 0.348. The molecule has 2 heterocycles. The quantitative estimate of drug-likeness (QED) is 0.644. The lowest BCUT2D eigenvalue weighted by Crippen LogP contribution is -2.34. The molecule has 0 saturated heterocycles. The van der Waals surface area contributed by atoms with Gasteiger partial charge in [0.2, 0.25) is 0 Å². The summed E-state index contributed by atoms with van der Waals surface area (Å²) in [4.78, 5) is 26.3. The van der Waals surface area contributed by atoms with Crippen molar-refractivity contribution in [2.24, 2.45) is 0 Å². The van der Waals surface area contributed by atoms with Crippen LogP contribution >= 0.6 is 0 Å². The van der Waals surface area contributed by atoms with Gasteiger partial charge in [-0.25, -0.2) is 4.79 Å². The van der Waals surface area contributed by atoms with E-state index in [9.17, 15) is 23.5 Å². The Morgan fingerprint density at radius 2 is 1.88 bits per heavy atom. The van der Waals surface area contributed by atoms with Crippen molar-refractivity contribution in [3.8, 4) is 0 Å². The number of alkyl halides is 2. The minimum absolute atomic E-state index is 0.00695. The van der Waals surface area contributed by atoms with Crippen molar-refractivity contribution in [2.75, 3.05) is 4.90 Å². The number of aliphatic hydroxyl groups excluding tert-OH is 1. The average molecular weight is 443 g/mol. The van der Waals surface area contributed by atoms with Crippen molar-refractivity contribution in [1.29, 1.82) is 0 Å². The van der Waals surface area contributed by atoms with E-state index in [4.69, 9.17) is 4.74 Å². The minimum atomic E-state index is -3.79. The van der Waals surface area contributed by atoms with E-state index in [1.165, 1.54) is 25.1 Å². The van der Waals surface area contributed by atoms with E-state index in [1.54, 1.807) is 45.0 Å². The van der Waals surface area contributed by atoms with Gasteiger partial charge in [0, 0.05) is 5.39 Å². The first-order valence-corrected chi connectivity index (χ1v) is 10.1. The Kier molecular flexibility index (Phi) is 5.04. The summed E-state index contributed by atoms with van der Waals surface area (Å²) < 4.78 is 36.3. The highest BCUT2D eigenvalue weighted by molar-refractivity contribution is 6.06. The van der Waals surface area contributed by atoms with Gasteiger partial charge in [-0.05, 0) is 45.4 Å². The van der Waals surface area contributed by atoms with Gasteiger partial charge in [0.1, 0.15) is 5.60 Å². The van der Waals surface area contributed by atoms with Crippen LogP contribution in [0.4, 0.5) is 19.3 Å². The number of benzene rings is 2. The summed E-state index contributed by atoms with van der Waals surface area (Å²) in [5, 5.41) is 14.8. The van der Waals surface area contributed by atoms with Crippen molar-refractivity contribution < 1.29 is 28.2 Å². The Hall–Kier alpha value is -3.33. The predicted octanol–water partition coefficient (Wildman–Crippen LogP) is 4.51. The van der Waals surface area contributed by atoms with E-state index in [0.29, 0.717) is 10.9 Å². The summed E-state index contributed by atoms with van der Waals surface area (Å²) >= 11 is 0. The fourth-order valence-electron chi connectivity index (χ4n) is 3.86. The van der Waals surface area contributed by atoms with Crippen LogP contribution in [0.5, 0.6) is 0 Å². The molecule has 0 spiro atoms. The third kappa shape index (κ3) is 3.52. The molecule has 4 rings (SSSR count). The zero-order chi connectivity index (χ0) is 23.4. The van der Waals surface area contributed by atoms with Gasteiger partial charge in [0.05, 0.1) is 35.1 Å². The first-order valence-electron chi connectivity index (χ1n) is 10.1. The van der Waals surface area contributed by atoms with E-state index in [1.807, 2.05) is 0 Å².